The van der Waals surface area contributed by atoms with E-state index in [1.165, 1.54) is 66.8 Å². The van der Waals surface area contributed by atoms with Crippen LogP contribution in [0.1, 0.15) is 63.7 Å². The van der Waals surface area contributed by atoms with Crippen molar-refractivity contribution in [1.29, 1.82) is 0 Å². The molecule has 2 aliphatic carbocycles. The smallest absolute Gasteiger partial charge is 0.147 e. The standard InChI is InChI=1S/2C21H17O.2CH3.2ClH.H2Si.Zr/c2*1-14-8-10-17-12-18(20-11-9-15(2)22-20)13-19(17)21(14)16-6-4-3-5-7-16;;;;;;/h2*3-13H,1-2H3;2*1H3;2*1H;1H2;. The van der Waals surface area contributed by atoms with Gasteiger partial charge in [-0.15, -0.1) is 24.8 Å². The van der Waals surface area contributed by atoms with Crippen molar-refractivity contribution in [3.05, 3.63) is 166 Å². The fraction of sp³-hybridized carbons (Fsp3) is 0.182. The predicted molar refractivity (Wildman–Crippen MR) is 216 cm³/mol. The van der Waals surface area contributed by atoms with Crippen molar-refractivity contribution in [3.8, 4) is 22.3 Å². The number of benzene rings is 4. The van der Waals surface area contributed by atoms with E-state index >= 15 is 0 Å². The first-order chi connectivity index (χ1) is 23.0. The quantitative estimate of drug-likeness (QED) is 0.157. The molecular formula is C44H44Cl2O2SiZr. The van der Waals surface area contributed by atoms with Crippen molar-refractivity contribution >= 4 is 55.0 Å². The van der Waals surface area contributed by atoms with E-state index in [-0.39, 0.29) is 32.1 Å². The molecule has 2 aromatic heterocycles. The molecule has 0 saturated carbocycles. The van der Waals surface area contributed by atoms with E-state index in [0.29, 0.717) is 0 Å². The zero-order valence-corrected chi connectivity index (χ0v) is 35.0. The van der Waals surface area contributed by atoms with Gasteiger partial charge in [0.05, 0.1) is 0 Å². The number of allylic oxidation sites excluding steroid dienone is 2. The van der Waals surface area contributed by atoms with Crippen molar-refractivity contribution in [2.24, 2.45) is 0 Å². The summed E-state index contributed by atoms with van der Waals surface area (Å²) in [5.41, 5.74) is 16.0. The second kappa shape index (κ2) is 13.3. The topological polar surface area (TPSA) is 26.3 Å². The SMILES string of the molecule is Cc1ccc(C2=Cc3c(ccc(C)c3-c3ccccc3)[CH]2[Zr]([CH3])([CH3])(=[SiH2])[CH]2C(c3ccc(C)o3)=Cc3c2ccc(C)c3-c2ccccc2)o1.Cl.Cl. The van der Waals surface area contributed by atoms with Gasteiger partial charge >= 0.3 is 288 Å². The minimum Gasteiger partial charge on any atom is -0.147 e. The Bertz CT molecular complexity index is 2210. The van der Waals surface area contributed by atoms with Gasteiger partial charge in [-0.2, -0.15) is 0 Å². The van der Waals surface area contributed by atoms with Gasteiger partial charge in [0, 0.05) is 0 Å². The van der Waals surface area contributed by atoms with Crippen LogP contribution >= 0.6 is 24.8 Å². The molecule has 2 aliphatic rings. The van der Waals surface area contributed by atoms with Gasteiger partial charge in [-0.05, 0) is 0 Å². The zero-order chi connectivity index (χ0) is 33.4. The molecule has 254 valence electrons. The first kappa shape index (κ1) is 36.4. The van der Waals surface area contributed by atoms with Gasteiger partial charge in [0.1, 0.15) is 0 Å². The number of fused-ring (bicyclic) bond motifs is 2. The number of furan rings is 2. The number of hydrogen-bond acceptors (Lipinski definition) is 2. The fourth-order valence-electron chi connectivity index (χ4n) is 8.91. The van der Waals surface area contributed by atoms with Crippen molar-refractivity contribution < 1.29 is 26.2 Å². The van der Waals surface area contributed by atoms with Crippen LogP contribution in [0.25, 0.3) is 45.6 Å². The van der Waals surface area contributed by atoms with Gasteiger partial charge in [0.25, 0.3) is 0 Å². The van der Waals surface area contributed by atoms with Crippen molar-refractivity contribution in [2.45, 2.75) is 44.2 Å². The molecule has 2 atom stereocenters. The second-order valence-corrected chi connectivity index (χ2v) is 45.5. The van der Waals surface area contributed by atoms with Crippen LogP contribution < -0.4 is 0 Å². The summed E-state index contributed by atoms with van der Waals surface area (Å²) in [5, 5.41) is 0. The van der Waals surface area contributed by atoms with Gasteiger partial charge in [0.2, 0.25) is 0 Å². The largest absolute Gasteiger partial charge is 0.147 e. The van der Waals surface area contributed by atoms with Crippen LogP contribution in [0.15, 0.2) is 118 Å². The van der Waals surface area contributed by atoms with E-state index < -0.39 is 17.4 Å². The Morgan fingerprint density at radius 1 is 0.500 bits per heavy atom. The summed E-state index contributed by atoms with van der Waals surface area (Å²) >= 11 is -4.11. The zero-order valence-electron chi connectivity index (χ0n) is 29.5. The molecule has 0 spiro atoms. The minimum absolute atomic E-state index is 0. The molecule has 0 radical (unpaired) electrons. The molecule has 2 heterocycles. The second-order valence-electron chi connectivity index (χ2n) is 15.1. The molecular weight excluding hydrogens is 751 g/mol. The molecule has 2 unspecified atom stereocenters. The predicted octanol–water partition coefficient (Wildman–Crippen LogP) is 12.5. The monoisotopic (exact) mass is 792 g/mol. The van der Waals surface area contributed by atoms with Crippen LogP contribution in [0.5, 0.6) is 0 Å². The summed E-state index contributed by atoms with van der Waals surface area (Å²) in [6.07, 6.45) is 4.95. The van der Waals surface area contributed by atoms with E-state index in [1.54, 1.807) is 0 Å². The number of rotatable bonds is 6. The van der Waals surface area contributed by atoms with Crippen LogP contribution in [0.3, 0.4) is 0 Å². The molecule has 6 aromatic rings. The normalized spacial score (nSPS) is 16.5. The van der Waals surface area contributed by atoms with Gasteiger partial charge in [-0.1, -0.05) is 0 Å². The summed E-state index contributed by atoms with van der Waals surface area (Å²) in [6.45, 7) is 11.0. The van der Waals surface area contributed by atoms with Gasteiger partial charge < -0.3 is 0 Å². The van der Waals surface area contributed by atoms with Crippen LogP contribution in [-0.4, -0.2) is 6.88 Å². The summed E-state index contributed by atoms with van der Waals surface area (Å²) < 4.78 is 18.9. The van der Waals surface area contributed by atoms with Crippen molar-refractivity contribution in [3.63, 3.8) is 0 Å². The molecule has 8 rings (SSSR count). The van der Waals surface area contributed by atoms with E-state index in [2.05, 4.69) is 165 Å². The summed E-state index contributed by atoms with van der Waals surface area (Å²) in [6, 6.07) is 40.0. The number of aryl methyl sites for hydroxylation is 4. The Labute approximate surface area is 311 Å². The molecule has 50 heavy (non-hydrogen) atoms. The Kier molecular flexibility index (Phi) is 9.68. The average Bonchev–Trinajstić information content (AvgIpc) is 3.86. The van der Waals surface area contributed by atoms with Crippen LogP contribution in [-0.2, 0) is 17.4 Å². The van der Waals surface area contributed by atoms with Crippen molar-refractivity contribution in [1.82, 2.24) is 0 Å². The third kappa shape index (κ3) is 5.83. The summed E-state index contributed by atoms with van der Waals surface area (Å²) in [7, 11) is 0. The van der Waals surface area contributed by atoms with E-state index in [0.717, 1.165) is 23.0 Å². The third-order valence-electron chi connectivity index (χ3n) is 10.9. The fourth-order valence-corrected chi connectivity index (χ4v) is 27.3. The molecule has 0 saturated heterocycles. The Hall–Kier alpha value is -3.40. The first-order valence-corrected chi connectivity index (χ1v) is 30.7. The molecule has 0 aliphatic heterocycles. The Morgan fingerprint density at radius 2 is 0.880 bits per heavy atom. The maximum Gasteiger partial charge on any atom is -0.147 e. The molecule has 6 heteroatoms. The maximum absolute atomic E-state index is 6.52. The molecule has 0 bridgehead atoms. The summed E-state index contributed by atoms with van der Waals surface area (Å²) in [4.78, 5) is 0. The Balaban J connectivity index is 0.00000216. The average molecular weight is 795 g/mol. The van der Waals surface area contributed by atoms with Gasteiger partial charge in [0.15, 0.2) is 0 Å². The molecule has 2 nitrogen and oxygen atoms in total. The number of hydrogen-bond donors (Lipinski definition) is 0. The van der Waals surface area contributed by atoms with E-state index in [4.69, 9.17) is 8.83 Å². The van der Waals surface area contributed by atoms with E-state index in [1.807, 2.05) is 0 Å². The third-order valence-corrected chi connectivity index (χ3v) is 28.1. The number of halogens is 2. The van der Waals surface area contributed by atoms with Crippen LogP contribution in [0.4, 0.5) is 0 Å². The molecule has 0 fully saturated rings. The minimum atomic E-state index is -4.11. The van der Waals surface area contributed by atoms with Crippen LogP contribution in [0, 0.1) is 27.7 Å². The van der Waals surface area contributed by atoms with Crippen molar-refractivity contribution in [2.75, 3.05) is 0 Å². The molecule has 0 amide bonds. The summed E-state index contributed by atoms with van der Waals surface area (Å²) in [5.74, 6) is 3.88. The first-order valence-electron chi connectivity index (χ1n) is 17.0. The van der Waals surface area contributed by atoms with Gasteiger partial charge in [-0.3, -0.25) is 0 Å². The van der Waals surface area contributed by atoms with E-state index in [9.17, 15) is 0 Å². The van der Waals surface area contributed by atoms with Gasteiger partial charge in [-0.25, -0.2) is 0 Å². The molecule has 0 N–H and O–H groups in total. The molecule has 4 aromatic carbocycles. The maximum atomic E-state index is 6.52. The Morgan fingerprint density at radius 3 is 1.22 bits per heavy atom. The van der Waals surface area contributed by atoms with Crippen LogP contribution in [0.2, 0.25) is 9.26 Å².